The van der Waals surface area contributed by atoms with E-state index in [1.54, 1.807) is 0 Å². The van der Waals surface area contributed by atoms with Gasteiger partial charge in [0, 0.05) is 15.7 Å². The fourth-order valence-corrected chi connectivity index (χ4v) is 3.26. The maximum atomic E-state index is 5.88. The van der Waals surface area contributed by atoms with E-state index in [2.05, 4.69) is 38.4 Å². The average Bonchev–Trinajstić information content (AvgIpc) is 2.84. The summed E-state index contributed by atoms with van der Waals surface area (Å²) < 4.78 is 2.88. The van der Waals surface area contributed by atoms with Gasteiger partial charge in [0.15, 0.2) is 5.82 Å². The van der Waals surface area contributed by atoms with Crippen molar-refractivity contribution in [3.63, 3.8) is 0 Å². The lowest BCUT2D eigenvalue weighted by Gasteiger charge is -2.41. The molecule has 1 saturated carbocycles. The van der Waals surface area contributed by atoms with Crippen molar-refractivity contribution < 1.29 is 0 Å². The molecule has 1 aliphatic carbocycles. The van der Waals surface area contributed by atoms with Crippen LogP contribution in [0.4, 0.5) is 5.69 Å². The first kappa shape index (κ1) is 13.5. The number of hydrogen-bond acceptors (Lipinski definition) is 4. The van der Waals surface area contributed by atoms with E-state index in [0.717, 1.165) is 22.4 Å². The maximum absolute atomic E-state index is 5.88. The van der Waals surface area contributed by atoms with Crippen molar-refractivity contribution in [3.8, 4) is 11.4 Å². The van der Waals surface area contributed by atoms with Crippen LogP contribution < -0.4 is 5.73 Å². The molecule has 0 atom stereocenters. The second-order valence-electron chi connectivity index (χ2n) is 5.61. The molecule has 0 spiro atoms. The first-order valence-corrected chi connectivity index (χ1v) is 7.74. The zero-order valence-corrected chi connectivity index (χ0v) is 13.1. The molecule has 20 heavy (non-hydrogen) atoms. The van der Waals surface area contributed by atoms with Crippen molar-refractivity contribution in [1.82, 2.24) is 20.2 Å². The Kier molecular flexibility index (Phi) is 3.50. The summed E-state index contributed by atoms with van der Waals surface area (Å²) >= 11 is 3.55. The molecule has 1 aromatic heterocycles. The van der Waals surface area contributed by atoms with Crippen molar-refractivity contribution in [3.05, 3.63) is 22.7 Å². The first-order chi connectivity index (χ1) is 9.63. The number of nitrogen functional groups attached to an aromatic ring is 1. The fraction of sp³-hybridized carbons (Fsp3) is 0.500. The van der Waals surface area contributed by atoms with Gasteiger partial charge in [-0.05, 0) is 53.3 Å². The van der Waals surface area contributed by atoms with Crippen LogP contribution in [0.2, 0.25) is 0 Å². The van der Waals surface area contributed by atoms with Crippen LogP contribution in [0.15, 0.2) is 22.7 Å². The predicted octanol–water partition coefficient (Wildman–Crippen LogP) is 3.27. The van der Waals surface area contributed by atoms with E-state index < -0.39 is 0 Å². The van der Waals surface area contributed by atoms with Gasteiger partial charge in [0.2, 0.25) is 0 Å². The molecule has 1 fully saturated rings. The molecule has 0 saturated heterocycles. The minimum Gasteiger partial charge on any atom is -0.399 e. The van der Waals surface area contributed by atoms with Crippen LogP contribution in [0, 0.1) is 5.41 Å². The van der Waals surface area contributed by atoms with Gasteiger partial charge >= 0.3 is 0 Å². The monoisotopic (exact) mass is 335 g/mol. The number of benzene rings is 1. The van der Waals surface area contributed by atoms with Gasteiger partial charge < -0.3 is 5.73 Å². The highest BCUT2D eigenvalue weighted by Crippen LogP contribution is 2.45. The van der Waals surface area contributed by atoms with Crippen LogP contribution in [0.25, 0.3) is 11.4 Å². The van der Waals surface area contributed by atoms with Crippen LogP contribution in [0.5, 0.6) is 0 Å². The highest BCUT2D eigenvalue weighted by Gasteiger charge is 2.36. The summed E-state index contributed by atoms with van der Waals surface area (Å²) in [6.45, 7) is 3.13. The second-order valence-corrected chi connectivity index (χ2v) is 6.46. The Balaban J connectivity index is 1.96. The molecular weight excluding hydrogens is 318 g/mol. The van der Waals surface area contributed by atoms with Gasteiger partial charge in [-0.1, -0.05) is 29.3 Å². The smallest absolute Gasteiger partial charge is 0.183 e. The molecule has 0 aliphatic heterocycles. The fourth-order valence-electron chi connectivity index (χ4n) is 2.84. The van der Waals surface area contributed by atoms with Crippen LogP contribution in [-0.4, -0.2) is 20.2 Å². The van der Waals surface area contributed by atoms with Gasteiger partial charge in [-0.15, -0.1) is 5.10 Å². The highest BCUT2D eigenvalue weighted by molar-refractivity contribution is 9.10. The van der Waals surface area contributed by atoms with Gasteiger partial charge in [0.1, 0.15) is 0 Å². The van der Waals surface area contributed by atoms with E-state index in [1.807, 2.05) is 22.9 Å². The Morgan fingerprint density at radius 3 is 2.85 bits per heavy atom. The number of tetrazole rings is 1. The maximum Gasteiger partial charge on any atom is 0.183 e. The predicted molar refractivity (Wildman–Crippen MR) is 81.9 cm³/mol. The van der Waals surface area contributed by atoms with Crippen molar-refractivity contribution in [2.45, 2.75) is 39.2 Å². The summed E-state index contributed by atoms with van der Waals surface area (Å²) in [7, 11) is 0. The molecule has 5 nitrogen and oxygen atoms in total. The number of aromatic nitrogens is 4. The topological polar surface area (TPSA) is 69.6 Å². The van der Waals surface area contributed by atoms with E-state index in [-0.39, 0.29) is 0 Å². The SMILES string of the molecule is CCC1(Cn2nnnc2-c2cc(N)ccc2Br)CCC1. The molecule has 106 valence electrons. The molecule has 1 aliphatic rings. The first-order valence-electron chi connectivity index (χ1n) is 6.95. The van der Waals surface area contributed by atoms with Crippen LogP contribution in [-0.2, 0) is 6.54 Å². The third-order valence-electron chi connectivity index (χ3n) is 4.41. The third-order valence-corrected chi connectivity index (χ3v) is 5.10. The zero-order valence-electron chi connectivity index (χ0n) is 11.5. The van der Waals surface area contributed by atoms with Crippen LogP contribution >= 0.6 is 15.9 Å². The van der Waals surface area contributed by atoms with E-state index in [0.29, 0.717) is 11.1 Å². The molecule has 0 unspecified atom stereocenters. The molecule has 0 bridgehead atoms. The van der Waals surface area contributed by atoms with E-state index in [4.69, 9.17) is 5.73 Å². The van der Waals surface area contributed by atoms with E-state index >= 15 is 0 Å². The standard InChI is InChI=1S/C14H18BrN5/c1-2-14(6-3-7-14)9-20-13(17-18-19-20)11-8-10(16)4-5-12(11)15/h4-5,8H,2-3,6-7,9,16H2,1H3. The van der Waals surface area contributed by atoms with Crippen molar-refractivity contribution in [2.24, 2.45) is 5.41 Å². The van der Waals surface area contributed by atoms with E-state index in [1.165, 1.54) is 25.7 Å². The Hall–Kier alpha value is -1.43. The van der Waals surface area contributed by atoms with Crippen molar-refractivity contribution >= 4 is 21.6 Å². The molecule has 1 heterocycles. The second kappa shape index (κ2) is 5.16. The summed E-state index contributed by atoms with van der Waals surface area (Å²) in [5.41, 5.74) is 7.91. The molecule has 6 heteroatoms. The lowest BCUT2D eigenvalue weighted by molar-refractivity contribution is 0.0948. The lowest BCUT2D eigenvalue weighted by atomic mass is 9.67. The molecule has 0 amide bonds. The Morgan fingerprint density at radius 2 is 2.20 bits per heavy atom. The van der Waals surface area contributed by atoms with Crippen molar-refractivity contribution in [1.29, 1.82) is 0 Å². The molecule has 2 aromatic rings. The number of rotatable bonds is 4. The Labute approximate surface area is 126 Å². The largest absolute Gasteiger partial charge is 0.399 e. The summed E-state index contributed by atoms with van der Waals surface area (Å²) in [5, 5.41) is 12.2. The van der Waals surface area contributed by atoms with Gasteiger partial charge in [-0.25, -0.2) is 4.68 Å². The number of halogens is 1. The summed E-state index contributed by atoms with van der Waals surface area (Å²) in [6, 6.07) is 5.70. The third kappa shape index (κ3) is 2.32. The van der Waals surface area contributed by atoms with Gasteiger partial charge in [-0.2, -0.15) is 0 Å². The molecule has 2 N–H and O–H groups in total. The number of nitrogens with zero attached hydrogens (tertiary/aromatic N) is 4. The van der Waals surface area contributed by atoms with Crippen LogP contribution in [0.3, 0.4) is 0 Å². The number of anilines is 1. The van der Waals surface area contributed by atoms with Gasteiger partial charge in [0.05, 0.1) is 6.54 Å². The van der Waals surface area contributed by atoms with Gasteiger partial charge in [-0.3, -0.25) is 0 Å². The Bertz CT molecular complexity index is 612. The summed E-state index contributed by atoms with van der Waals surface area (Å²) in [5.74, 6) is 0.781. The quantitative estimate of drug-likeness (QED) is 0.870. The summed E-state index contributed by atoms with van der Waals surface area (Å²) in [4.78, 5) is 0. The Morgan fingerprint density at radius 1 is 1.40 bits per heavy atom. The molecule has 3 rings (SSSR count). The minimum absolute atomic E-state index is 0.372. The minimum atomic E-state index is 0.372. The summed E-state index contributed by atoms with van der Waals surface area (Å²) in [6.07, 6.45) is 5.01. The normalized spacial score (nSPS) is 16.9. The van der Waals surface area contributed by atoms with Crippen LogP contribution in [0.1, 0.15) is 32.6 Å². The molecule has 0 radical (unpaired) electrons. The van der Waals surface area contributed by atoms with Gasteiger partial charge in [0.25, 0.3) is 0 Å². The highest BCUT2D eigenvalue weighted by atomic mass is 79.9. The number of nitrogens with two attached hydrogens (primary N) is 1. The van der Waals surface area contributed by atoms with E-state index in [9.17, 15) is 0 Å². The molecule has 1 aromatic carbocycles. The number of hydrogen-bond donors (Lipinski definition) is 1. The zero-order chi connectivity index (χ0) is 14.2. The average molecular weight is 336 g/mol. The lowest BCUT2D eigenvalue weighted by Crippen LogP contribution is -2.34. The van der Waals surface area contributed by atoms with Crippen molar-refractivity contribution in [2.75, 3.05) is 5.73 Å². The molecular formula is C14H18BrN5.